The van der Waals surface area contributed by atoms with Gasteiger partial charge in [-0.1, -0.05) is 30.3 Å². The van der Waals surface area contributed by atoms with Crippen molar-refractivity contribution < 1.29 is 18.4 Å². The molecule has 42 heavy (non-hydrogen) atoms. The number of nitrogens with zero attached hydrogens (tertiary/aromatic N) is 4. The zero-order valence-corrected chi connectivity index (χ0v) is 24.1. The number of thioether (sulfide) groups is 1. The fourth-order valence-corrected chi connectivity index (χ4v) is 6.89. The summed E-state index contributed by atoms with van der Waals surface area (Å²) in [7, 11) is 0. The molecule has 0 bridgehead atoms. The molecule has 1 atom stereocenters. The monoisotopic (exact) mass is 601 g/mol. The van der Waals surface area contributed by atoms with Crippen LogP contribution in [0.15, 0.2) is 84.5 Å². The first-order valence-corrected chi connectivity index (χ1v) is 15.1. The molecule has 3 aromatic heterocycles. The Labute approximate surface area is 249 Å². The molecule has 1 N–H and O–H groups in total. The van der Waals surface area contributed by atoms with Gasteiger partial charge in [-0.15, -0.1) is 23.1 Å². The highest BCUT2D eigenvalue weighted by atomic mass is 32.2. The lowest BCUT2D eigenvalue weighted by Gasteiger charge is -2.23. The number of halogens is 2. The van der Waals surface area contributed by atoms with Gasteiger partial charge in [0.15, 0.2) is 0 Å². The summed E-state index contributed by atoms with van der Waals surface area (Å²) in [5, 5.41) is 9.11. The molecule has 0 saturated carbocycles. The van der Waals surface area contributed by atoms with Crippen molar-refractivity contribution in [1.29, 1.82) is 0 Å². The molecule has 0 saturated heterocycles. The summed E-state index contributed by atoms with van der Waals surface area (Å²) in [4.78, 5) is 33.3. The molecule has 5 aromatic rings. The van der Waals surface area contributed by atoms with E-state index < -0.39 is 16.9 Å². The van der Waals surface area contributed by atoms with Crippen LogP contribution >= 0.6 is 23.1 Å². The van der Waals surface area contributed by atoms with Gasteiger partial charge in [0.2, 0.25) is 11.8 Å². The Kier molecular flexibility index (Phi) is 7.86. The summed E-state index contributed by atoms with van der Waals surface area (Å²) >= 11 is 2.70. The summed E-state index contributed by atoms with van der Waals surface area (Å²) in [6.07, 6.45) is 3.29. The van der Waals surface area contributed by atoms with Gasteiger partial charge in [0.05, 0.1) is 21.6 Å². The molecule has 11 heteroatoms. The van der Waals surface area contributed by atoms with Gasteiger partial charge in [-0.05, 0) is 53.8 Å². The van der Waals surface area contributed by atoms with Gasteiger partial charge >= 0.3 is 0 Å². The van der Waals surface area contributed by atoms with Gasteiger partial charge in [-0.25, -0.2) is 13.5 Å². The van der Waals surface area contributed by atoms with E-state index in [1.165, 1.54) is 40.1 Å². The van der Waals surface area contributed by atoms with Crippen LogP contribution in [0.25, 0.3) is 16.3 Å². The lowest BCUT2D eigenvalue weighted by Crippen LogP contribution is -2.42. The Morgan fingerprint density at radius 2 is 1.88 bits per heavy atom. The minimum atomic E-state index is -0.713. The number of hydrogen-bond donors (Lipinski definition) is 1. The lowest BCUT2D eigenvalue weighted by molar-refractivity contribution is -0.123. The lowest BCUT2D eigenvalue weighted by atomic mass is 10.0. The number of para-hydroxylation sites is 1. The number of benzene rings is 2. The van der Waals surface area contributed by atoms with E-state index in [1.807, 2.05) is 48.7 Å². The number of thiophene rings is 1. The summed E-state index contributed by atoms with van der Waals surface area (Å²) in [6, 6.07) is 18.5. The van der Waals surface area contributed by atoms with Crippen LogP contribution in [0, 0.1) is 18.6 Å². The first kappa shape index (κ1) is 27.8. The van der Waals surface area contributed by atoms with Crippen LogP contribution in [0.2, 0.25) is 0 Å². The van der Waals surface area contributed by atoms with Crippen LogP contribution in [-0.2, 0) is 16.1 Å². The minimum Gasteiger partial charge on any atom is -0.350 e. The van der Waals surface area contributed by atoms with Crippen molar-refractivity contribution in [2.45, 2.75) is 18.7 Å². The topological polar surface area (TPSA) is 80.1 Å². The zero-order chi connectivity index (χ0) is 29.2. The predicted octanol–water partition coefficient (Wildman–Crippen LogP) is 6.07. The fraction of sp³-hybridized carbons (Fsp3) is 0.161. The fourth-order valence-electron chi connectivity index (χ4n) is 4.94. The molecule has 212 valence electrons. The highest BCUT2D eigenvalue weighted by molar-refractivity contribution is 8.00. The van der Waals surface area contributed by atoms with E-state index in [4.69, 9.17) is 5.10 Å². The Morgan fingerprint density at radius 1 is 1.07 bits per heavy atom. The van der Waals surface area contributed by atoms with E-state index in [1.54, 1.807) is 29.2 Å². The number of carbonyl (C=O) groups excluding carboxylic acids is 2. The molecule has 0 aliphatic carbocycles. The number of aryl methyl sites for hydroxylation is 1. The number of rotatable bonds is 7. The second-order valence-electron chi connectivity index (χ2n) is 9.73. The van der Waals surface area contributed by atoms with Crippen LogP contribution in [0.3, 0.4) is 0 Å². The number of fused-ring (bicyclic) bond motifs is 1. The van der Waals surface area contributed by atoms with E-state index in [9.17, 15) is 14.0 Å². The van der Waals surface area contributed by atoms with Crippen molar-refractivity contribution in [2.24, 2.45) is 0 Å². The molecule has 4 heterocycles. The van der Waals surface area contributed by atoms with Crippen LogP contribution < -0.4 is 10.2 Å². The maximum Gasteiger partial charge on any atom is 0.240 e. The number of aromatic nitrogens is 3. The van der Waals surface area contributed by atoms with Gasteiger partial charge in [0.25, 0.3) is 0 Å². The van der Waals surface area contributed by atoms with Gasteiger partial charge in [-0.2, -0.15) is 5.10 Å². The molecule has 2 aromatic carbocycles. The smallest absolute Gasteiger partial charge is 0.240 e. The Balaban J connectivity index is 1.53. The third kappa shape index (κ3) is 5.45. The van der Waals surface area contributed by atoms with Crippen LogP contribution in [0.1, 0.15) is 27.5 Å². The number of nitrogens with one attached hydrogen (secondary N) is 1. The molecular weight excluding hydrogens is 577 g/mol. The van der Waals surface area contributed by atoms with Gasteiger partial charge in [0, 0.05) is 36.1 Å². The largest absolute Gasteiger partial charge is 0.350 e. The van der Waals surface area contributed by atoms with Crippen molar-refractivity contribution >= 4 is 40.7 Å². The van der Waals surface area contributed by atoms with E-state index in [0.717, 1.165) is 27.8 Å². The van der Waals surface area contributed by atoms with E-state index in [0.29, 0.717) is 17.1 Å². The Bertz CT molecular complexity index is 1760. The molecule has 2 amide bonds. The quantitative estimate of drug-likeness (QED) is 0.245. The average Bonchev–Trinajstić information content (AvgIpc) is 3.63. The number of amides is 2. The first-order chi connectivity index (χ1) is 20.4. The predicted molar refractivity (Wildman–Crippen MR) is 161 cm³/mol. The molecule has 0 unspecified atom stereocenters. The standard InChI is InChI=1S/C31H25F2N5O2S2/c1-19-5-2-3-6-24(19)38-31-28(29(36-38)25-7-4-14-41-25)30(22-9-8-21(32)15-23(22)33)42-18-27(40)37(31)17-26(39)35-16-20-10-12-34-13-11-20/h2-15,30H,16-18H2,1H3,(H,35,39)/t30-/m1/s1. The normalized spacial score (nSPS) is 14.9. The summed E-state index contributed by atoms with van der Waals surface area (Å²) in [6.45, 7) is 1.94. The van der Waals surface area contributed by atoms with Crippen molar-refractivity contribution in [3.05, 3.63) is 118 Å². The summed E-state index contributed by atoms with van der Waals surface area (Å²) in [5.41, 5.74) is 3.88. The van der Waals surface area contributed by atoms with Gasteiger partial charge in [-0.3, -0.25) is 19.5 Å². The first-order valence-electron chi connectivity index (χ1n) is 13.2. The molecule has 7 nitrogen and oxygen atoms in total. The third-order valence-corrected chi connectivity index (χ3v) is 9.09. The average molecular weight is 602 g/mol. The Morgan fingerprint density at radius 3 is 2.62 bits per heavy atom. The highest BCUT2D eigenvalue weighted by Crippen LogP contribution is 2.49. The maximum atomic E-state index is 15.4. The highest BCUT2D eigenvalue weighted by Gasteiger charge is 2.39. The molecule has 1 aliphatic rings. The molecule has 0 spiro atoms. The van der Waals surface area contributed by atoms with E-state index in [2.05, 4.69) is 10.3 Å². The van der Waals surface area contributed by atoms with E-state index in [-0.39, 0.29) is 36.2 Å². The van der Waals surface area contributed by atoms with Gasteiger partial charge < -0.3 is 5.32 Å². The maximum absolute atomic E-state index is 15.4. The van der Waals surface area contributed by atoms with Crippen molar-refractivity contribution in [1.82, 2.24) is 20.1 Å². The second kappa shape index (κ2) is 11.9. The minimum absolute atomic E-state index is 0.0224. The number of hydrogen-bond acceptors (Lipinski definition) is 6. The van der Waals surface area contributed by atoms with E-state index >= 15 is 4.39 Å². The number of anilines is 1. The summed E-state index contributed by atoms with van der Waals surface area (Å²) in [5.74, 6) is -1.72. The van der Waals surface area contributed by atoms with Gasteiger partial charge in [0.1, 0.15) is 29.7 Å². The second-order valence-corrected chi connectivity index (χ2v) is 11.8. The zero-order valence-electron chi connectivity index (χ0n) is 22.5. The summed E-state index contributed by atoms with van der Waals surface area (Å²) < 4.78 is 31.0. The molecule has 1 aliphatic heterocycles. The molecule has 6 rings (SSSR count). The van der Waals surface area contributed by atoms with Crippen LogP contribution in [-0.4, -0.2) is 38.9 Å². The number of pyridine rings is 1. The van der Waals surface area contributed by atoms with Crippen molar-refractivity contribution in [3.63, 3.8) is 0 Å². The Hall–Kier alpha value is -4.35. The molecule has 0 radical (unpaired) electrons. The number of carbonyl (C=O) groups is 2. The van der Waals surface area contributed by atoms with Crippen molar-refractivity contribution in [3.8, 4) is 16.3 Å². The molecule has 0 fully saturated rings. The van der Waals surface area contributed by atoms with Crippen molar-refractivity contribution in [2.75, 3.05) is 17.2 Å². The molecular formula is C31H25F2N5O2S2. The third-order valence-electron chi connectivity index (χ3n) is 6.97. The SMILES string of the molecule is Cc1ccccc1-n1nc(-c2cccs2)c2c1N(CC(=O)NCc1ccncc1)C(=O)CS[C@@H]2c1ccc(F)cc1F. The van der Waals surface area contributed by atoms with Crippen LogP contribution in [0.4, 0.5) is 14.6 Å². The van der Waals surface area contributed by atoms with Crippen LogP contribution in [0.5, 0.6) is 0 Å².